The maximum Gasteiger partial charge on any atom is 0.276 e. The van der Waals surface area contributed by atoms with Crippen molar-refractivity contribution in [1.29, 1.82) is 0 Å². The molecule has 2 heterocycles. The van der Waals surface area contributed by atoms with Gasteiger partial charge in [-0.1, -0.05) is 35.0 Å². The van der Waals surface area contributed by atoms with Crippen molar-refractivity contribution in [2.75, 3.05) is 5.73 Å². The Morgan fingerprint density at radius 1 is 1.30 bits per heavy atom. The third-order valence-corrected chi connectivity index (χ3v) is 3.44. The first-order valence-corrected chi connectivity index (χ1v) is 7.18. The Bertz CT molecular complexity index is 791. The third-order valence-electron chi connectivity index (χ3n) is 3.44. The summed E-state index contributed by atoms with van der Waals surface area (Å²) in [6.07, 6.45) is 1.55. The second kappa shape index (κ2) is 6.35. The van der Waals surface area contributed by atoms with E-state index in [-0.39, 0.29) is 24.0 Å². The summed E-state index contributed by atoms with van der Waals surface area (Å²) in [5.74, 6) is 0.514. The van der Waals surface area contributed by atoms with Crippen LogP contribution in [0, 0.1) is 6.92 Å². The molecule has 0 aliphatic carbocycles. The number of nitrogens with two attached hydrogens (primary N) is 1. The van der Waals surface area contributed by atoms with E-state index in [2.05, 4.69) is 15.6 Å². The number of nitrogens with one attached hydrogen (secondary N) is 1. The molecular weight excluding hydrogens is 294 g/mol. The minimum atomic E-state index is -0.381. The number of rotatable bonds is 5. The van der Waals surface area contributed by atoms with Crippen LogP contribution in [0.15, 0.2) is 47.1 Å². The number of carbonyl (C=O) groups is 1. The van der Waals surface area contributed by atoms with Crippen molar-refractivity contribution in [1.82, 2.24) is 20.3 Å². The molecule has 0 radical (unpaired) electrons. The average molecular weight is 311 g/mol. The zero-order valence-electron chi connectivity index (χ0n) is 12.7. The largest absolute Gasteiger partial charge is 0.467 e. The second-order valence-electron chi connectivity index (χ2n) is 5.23. The molecule has 2 aromatic heterocycles. The zero-order valence-corrected chi connectivity index (χ0v) is 12.7. The molecule has 7 nitrogen and oxygen atoms in total. The van der Waals surface area contributed by atoms with Crippen LogP contribution in [0.2, 0.25) is 0 Å². The van der Waals surface area contributed by atoms with Crippen LogP contribution < -0.4 is 11.1 Å². The molecule has 3 N–H and O–H groups in total. The average Bonchev–Trinajstić information content (AvgIpc) is 3.18. The summed E-state index contributed by atoms with van der Waals surface area (Å²) < 4.78 is 6.66. The maximum atomic E-state index is 12.1. The number of aromatic nitrogens is 3. The van der Waals surface area contributed by atoms with Crippen molar-refractivity contribution in [3.05, 3.63) is 65.2 Å². The minimum Gasteiger partial charge on any atom is -0.467 e. The highest BCUT2D eigenvalue weighted by atomic mass is 16.3. The fourth-order valence-corrected chi connectivity index (χ4v) is 2.13. The molecule has 0 aliphatic heterocycles. The highest BCUT2D eigenvalue weighted by Crippen LogP contribution is 2.12. The lowest BCUT2D eigenvalue weighted by atomic mass is 10.1. The van der Waals surface area contributed by atoms with E-state index in [0.717, 1.165) is 5.56 Å². The van der Waals surface area contributed by atoms with Crippen LogP contribution in [0.25, 0.3) is 0 Å². The van der Waals surface area contributed by atoms with Crippen molar-refractivity contribution in [3.8, 4) is 0 Å². The molecule has 0 unspecified atom stereocenters. The molecule has 0 atom stereocenters. The monoisotopic (exact) mass is 311 g/mol. The summed E-state index contributed by atoms with van der Waals surface area (Å²) in [7, 11) is 0. The van der Waals surface area contributed by atoms with Gasteiger partial charge in [0.25, 0.3) is 5.91 Å². The van der Waals surface area contributed by atoms with Crippen molar-refractivity contribution >= 4 is 11.7 Å². The number of aryl methyl sites for hydroxylation is 1. The molecule has 0 aliphatic rings. The lowest BCUT2D eigenvalue weighted by Crippen LogP contribution is -2.24. The second-order valence-corrected chi connectivity index (χ2v) is 5.23. The van der Waals surface area contributed by atoms with Crippen LogP contribution >= 0.6 is 0 Å². The summed E-state index contributed by atoms with van der Waals surface area (Å²) in [5.41, 5.74) is 8.31. The van der Waals surface area contributed by atoms with Crippen LogP contribution in [0.4, 0.5) is 5.82 Å². The first-order valence-electron chi connectivity index (χ1n) is 7.18. The van der Waals surface area contributed by atoms with Crippen LogP contribution in [0.1, 0.15) is 27.4 Å². The van der Waals surface area contributed by atoms with Gasteiger partial charge in [-0.3, -0.25) is 4.79 Å². The number of benzene rings is 1. The predicted molar refractivity (Wildman–Crippen MR) is 84.6 cm³/mol. The van der Waals surface area contributed by atoms with Gasteiger partial charge >= 0.3 is 0 Å². The lowest BCUT2D eigenvalue weighted by molar-refractivity contribution is 0.0944. The van der Waals surface area contributed by atoms with Crippen LogP contribution in [-0.4, -0.2) is 20.9 Å². The van der Waals surface area contributed by atoms with Gasteiger partial charge in [0.1, 0.15) is 5.76 Å². The van der Waals surface area contributed by atoms with E-state index in [0.29, 0.717) is 12.3 Å². The number of carbonyl (C=O) groups excluding carboxylic acids is 1. The fourth-order valence-electron chi connectivity index (χ4n) is 2.13. The van der Waals surface area contributed by atoms with Crippen LogP contribution in [0.5, 0.6) is 0 Å². The van der Waals surface area contributed by atoms with Gasteiger partial charge in [-0.25, -0.2) is 4.68 Å². The van der Waals surface area contributed by atoms with Crippen molar-refractivity contribution in [2.45, 2.75) is 20.0 Å². The number of furan rings is 1. The Labute approximate surface area is 133 Å². The number of anilines is 1. The van der Waals surface area contributed by atoms with Gasteiger partial charge in [-0.05, 0) is 24.6 Å². The van der Waals surface area contributed by atoms with Gasteiger partial charge in [0, 0.05) is 0 Å². The Hall–Kier alpha value is -3.09. The lowest BCUT2D eigenvalue weighted by Gasteiger charge is -2.05. The van der Waals surface area contributed by atoms with E-state index in [4.69, 9.17) is 10.2 Å². The van der Waals surface area contributed by atoms with Gasteiger partial charge in [-0.2, -0.15) is 0 Å². The smallest absolute Gasteiger partial charge is 0.276 e. The minimum absolute atomic E-state index is 0.115. The van der Waals surface area contributed by atoms with Gasteiger partial charge < -0.3 is 15.5 Å². The number of hydrogen-bond donors (Lipinski definition) is 2. The Morgan fingerprint density at radius 2 is 2.09 bits per heavy atom. The Kier molecular flexibility index (Phi) is 4.09. The van der Waals surface area contributed by atoms with E-state index in [9.17, 15) is 4.79 Å². The first kappa shape index (κ1) is 14.8. The Morgan fingerprint density at radius 3 is 2.78 bits per heavy atom. The highest BCUT2D eigenvalue weighted by molar-refractivity contribution is 5.96. The van der Waals surface area contributed by atoms with Crippen molar-refractivity contribution in [2.24, 2.45) is 0 Å². The molecule has 3 aromatic rings. The normalized spacial score (nSPS) is 10.7. The predicted octanol–water partition coefficient (Wildman–Crippen LogP) is 1.74. The standard InChI is InChI=1S/C16H17N5O2/c1-11-4-6-12(7-5-11)10-21-15(17)14(19-20-21)16(22)18-9-13-3-2-8-23-13/h2-8H,9-10,17H2,1H3,(H,18,22). The molecule has 1 amide bonds. The van der Waals surface area contributed by atoms with E-state index in [1.54, 1.807) is 18.4 Å². The molecule has 0 saturated heterocycles. The van der Waals surface area contributed by atoms with E-state index >= 15 is 0 Å². The SMILES string of the molecule is Cc1ccc(Cn2nnc(C(=O)NCc3ccco3)c2N)cc1. The van der Waals surface area contributed by atoms with Gasteiger partial charge in [0.15, 0.2) is 11.5 Å². The molecule has 0 bridgehead atoms. The number of nitrogens with zero attached hydrogens (tertiary/aromatic N) is 3. The molecule has 0 fully saturated rings. The quantitative estimate of drug-likeness (QED) is 0.747. The van der Waals surface area contributed by atoms with Gasteiger partial charge in [-0.15, -0.1) is 5.10 Å². The van der Waals surface area contributed by atoms with Gasteiger partial charge in [0.2, 0.25) is 0 Å². The molecule has 23 heavy (non-hydrogen) atoms. The molecule has 7 heteroatoms. The fraction of sp³-hybridized carbons (Fsp3) is 0.188. The summed E-state index contributed by atoms with van der Waals surface area (Å²) in [5, 5.41) is 10.5. The number of amides is 1. The molecule has 0 spiro atoms. The molecular formula is C16H17N5O2. The highest BCUT2D eigenvalue weighted by Gasteiger charge is 2.17. The van der Waals surface area contributed by atoms with Crippen molar-refractivity contribution in [3.63, 3.8) is 0 Å². The molecule has 118 valence electrons. The molecule has 0 saturated carbocycles. The van der Waals surface area contributed by atoms with E-state index in [1.165, 1.54) is 10.2 Å². The van der Waals surface area contributed by atoms with Crippen LogP contribution in [0.3, 0.4) is 0 Å². The Balaban J connectivity index is 1.68. The number of nitrogen functional groups attached to an aromatic ring is 1. The maximum absolute atomic E-state index is 12.1. The van der Waals surface area contributed by atoms with Crippen LogP contribution in [-0.2, 0) is 13.1 Å². The van der Waals surface area contributed by atoms with E-state index < -0.39 is 0 Å². The summed E-state index contributed by atoms with van der Waals surface area (Å²) >= 11 is 0. The summed E-state index contributed by atoms with van der Waals surface area (Å²) in [6.45, 7) is 2.76. The summed E-state index contributed by atoms with van der Waals surface area (Å²) in [6, 6.07) is 11.5. The first-order chi connectivity index (χ1) is 11.1. The zero-order chi connectivity index (χ0) is 16.2. The topological polar surface area (TPSA) is 99.0 Å². The molecule has 1 aromatic carbocycles. The number of hydrogen-bond acceptors (Lipinski definition) is 5. The third kappa shape index (κ3) is 3.39. The van der Waals surface area contributed by atoms with E-state index in [1.807, 2.05) is 31.2 Å². The summed E-state index contributed by atoms with van der Waals surface area (Å²) in [4.78, 5) is 12.1. The van der Waals surface area contributed by atoms with Gasteiger partial charge in [0.05, 0.1) is 19.4 Å². The molecule has 3 rings (SSSR count). The van der Waals surface area contributed by atoms with Crippen molar-refractivity contribution < 1.29 is 9.21 Å².